The van der Waals surface area contributed by atoms with E-state index in [1.54, 1.807) is 6.92 Å². The van der Waals surface area contributed by atoms with Crippen molar-refractivity contribution >= 4 is 23.2 Å². The normalized spacial score (nSPS) is 29.8. The molecular formula is C13H19N5O3. The van der Waals surface area contributed by atoms with Crippen molar-refractivity contribution in [1.82, 2.24) is 5.32 Å². The lowest BCUT2D eigenvalue weighted by molar-refractivity contribution is -0.120. The van der Waals surface area contributed by atoms with Crippen molar-refractivity contribution in [3.8, 4) is 0 Å². The molecule has 6 N–H and O–H groups in total. The van der Waals surface area contributed by atoms with E-state index in [2.05, 4.69) is 15.5 Å². The first-order chi connectivity index (χ1) is 9.95. The summed E-state index contributed by atoms with van der Waals surface area (Å²) in [6.07, 6.45) is 3.15. The molecule has 0 aromatic heterocycles. The first-order valence-corrected chi connectivity index (χ1v) is 6.80. The van der Waals surface area contributed by atoms with Crippen LogP contribution in [0.4, 0.5) is 0 Å². The van der Waals surface area contributed by atoms with E-state index >= 15 is 0 Å². The highest BCUT2D eigenvalue weighted by atomic mass is 16.4. The van der Waals surface area contributed by atoms with E-state index in [-0.39, 0.29) is 23.4 Å². The van der Waals surface area contributed by atoms with Crippen LogP contribution in [0.15, 0.2) is 21.8 Å². The fourth-order valence-electron chi connectivity index (χ4n) is 2.65. The van der Waals surface area contributed by atoms with Crippen LogP contribution in [0.1, 0.15) is 19.8 Å². The first-order valence-electron chi connectivity index (χ1n) is 6.80. The van der Waals surface area contributed by atoms with Crippen molar-refractivity contribution in [2.24, 2.45) is 27.5 Å². The SMILES string of the molecule is CC1C(C(=O)[C@@H]2CCCN2)=CC(C(N)=NO)=NC1C(N)=O. The number of carbonyl (C=O) groups is 2. The van der Waals surface area contributed by atoms with E-state index in [0.29, 0.717) is 5.57 Å². The Morgan fingerprint density at radius 3 is 2.71 bits per heavy atom. The lowest BCUT2D eigenvalue weighted by Gasteiger charge is -2.26. The molecule has 0 aromatic carbocycles. The van der Waals surface area contributed by atoms with Crippen molar-refractivity contribution < 1.29 is 14.8 Å². The maximum absolute atomic E-state index is 12.6. The molecule has 0 aliphatic carbocycles. The van der Waals surface area contributed by atoms with Gasteiger partial charge < -0.3 is 22.0 Å². The Labute approximate surface area is 122 Å². The minimum atomic E-state index is -0.898. The molecule has 0 saturated carbocycles. The second-order valence-corrected chi connectivity index (χ2v) is 5.25. The minimum Gasteiger partial charge on any atom is -0.409 e. The fraction of sp³-hybridized carbons (Fsp3) is 0.538. The van der Waals surface area contributed by atoms with E-state index in [4.69, 9.17) is 16.7 Å². The molecule has 1 fully saturated rings. The Hall–Kier alpha value is -2.22. The van der Waals surface area contributed by atoms with Crippen molar-refractivity contribution in [2.75, 3.05) is 6.54 Å². The number of amidine groups is 1. The molecular weight excluding hydrogens is 274 g/mol. The number of Topliss-reactive ketones (excluding diaryl/α,β-unsaturated/α-hetero) is 1. The first kappa shape index (κ1) is 15.2. The molecule has 0 radical (unpaired) electrons. The molecule has 2 aliphatic rings. The lowest BCUT2D eigenvalue weighted by Crippen LogP contribution is -2.43. The third kappa shape index (κ3) is 2.94. The predicted octanol–water partition coefficient (Wildman–Crippen LogP) is -1.08. The van der Waals surface area contributed by atoms with Crippen LogP contribution >= 0.6 is 0 Å². The van der Waals surface area contributed by atoms with Gasteiger partial charge in [-0.25, -0.2) is 0 Å². The third-order valence-corrected chi connectivity index (χ3v) is 3.86. The molecule has 3 atom stereocenters. The van der Waals surface area contributed by atoms with Crippen LogP contribution < -0.4 is 16.8 Å². The Bertz CT molecular complexity index is 546. The van der Waals surface area contributed by atoms with Crippen LogP contribution in [0.5, 0.6) is 0 Å². The Morgan fingerprint density at radius 1 is 1.48 bits per heavy atom. The van der Waals surface area contributed by atoms with Gasteiger partial charge in [-0.3, -0.25) is 14.6 Å². The number of hydrogen-bond donors (Lipinski definition) is 4. The highest BCUT2D eigenvalue weighted by molar-refractivity contribution is 6.46. The molecule has 21 heavy (non-hydrogen) atoms. The van der Waals surface area contributed by atoms with Crippen LogP contribution in [-0.2, 0) is 9.59 Å². The number of oxime groups is 1. The topological polar surface area (TPSA) is 143 Å². The number of ketones is 1. The largest absolute Gasteiger partial charge is 0.409 e. The molecule has 2 rings (SSSR count). The maximum atomic E-state index is 12.6. The third-order valence-electron chi connectivity index (χ3n) is 3.86. The molecule has 114 valence electrons. The molecule has 8 heteroatoms. The van der Waals surface area contributed by atoms with E-state index in [9.17, 15) is 9.59 Å². The summed E-state index contributed by atoms with van der Waals surface area (Å²) in [6, 6.07) is -1.16. The van der Waals surface area contributed by atoms with E-state index in [1.807, 2.05) is 0 Å². The number of aliphatic imine (C=N–C) groups is 1. The fourth-order valence-corrected chi connectivity index (χ4v) is 2.65. The molecule has 2 unspecified atom stereocenters. The van der Waals surface area contributed by atoms with Gasteiger partial charge >= 0.3 is 0 Å². The van der Waals surface area contributed by atoms with Crippen molar-refractivity contribution in [1.29, 1.82) is 0 Å². The standard InChI is InChI=1S/C13H19N5O3/c1-6-7(11(19)8-3-2-4-16-8)5-9(12(14)18-21)17-10(6)13(15)20/h5-6,8,10,16,21H,2-4H2,1H3,(H2,14,18)(H2,15,20)/t6?,8-,10?/m0/s1. The number of dihydropyridines is 1. The molecule has 0 spiro atoms. The summed E-state index contributed by atoms with van der Waals surface area (Å²) in [5, 5.41) is 14.7. The van der Waals surface area contributed by atoms with Gasteiger partial charge in [-0.05, 0) is 25.5 Å². The van der Waals surface area contributed by atoms with E-state index < -0.39 is 17.9 Å². The Morgan fingerprint density at radius 2 is 2.19 bits per heavy atom. The van der Waals surface area contributed by atoms with Gasteiger partial charge in [0.05, 0.1) is 6.04 Å². The number of rotatable bonds is 4. The zero-order chi connectivity index (χ0) is 15.6. The highest BCUT2D eigenvalue weighted by Gasteiger charge is 2.36. The summed E-state index contributed by atoms with van der Waals surface area (Å²) < 4.78 is 0. The number of carbonyl (C=O) groups excluding carboxylic acids is 2. The quantitative estimate of drug-likeness (QED) is 0.226. The molecule has 8 nitrogen and oxygen atoms in total. The molecule has 2 heterocycles. The highest BCUT2D eigenvalue weighted by Crippen LogP contribution is 2.26. The van der Waals surface area contributed by atoms with Crippen LogP contribution in [-0.4, -0.2) is 47.1 Å². The van der Waals surface area contributed by atoms with E-state index in [0.717, 1.165) is 19.4 Å². The summed E-state index contributed by atoms with van der Waals surface area (Å²) in [7, 11) is 0. The molecule has 0 bridgehead atoms. The number of amides is 1. The van der Waals surface area contributed by atoms with Gasteiger partial charge in [-0.15, -0.1) is 0 Å². The molecule has 0 aromatic rings. The summed E-state index contributed by atoms with van der Waals surface area (Å²) in [6.45, 7) is 2.51. The van der Waals surface area contributed by atoms with Crippen molar-refractivity contribution in [3.05, 3.63) is 11.6 Å². The average Bonchev–Trinajstić information content (AvgIpc) is 2.99. The minimum absolute atomic E-state index is 0.0932. The summed E-state index contributed by atoms with van der Waals surface area (Å²) in [4.78, 5) is 28.2. The predicted molar refractivity (Wildman–Crippen MR) is 77.1 cm³/mol. The summed E-state index contributed by atoms with van der Waals surface area (Å²) in [5.41, 5.74) is 11.4. The second-order valence-electron chi connectivity index (χ2n) is 5.25. The number of hydrogen-bond acceptors (Lipinski definition) is 6. The van der Waals surface area contributed by atoms with Crippen LogP contribution in [0.25, 0.3) is 0 Å². The lowest BCUT2D eigenvalue weighted by atomic mass is 9.84. The van der Waals surface area contributed by atoms with E-state index in [1.165, 1.54) is 6.08 Å². The second kappa shape index (κ2) is 6.04. The molecule has 1 saturated heterocycles. The number of nitrogens with zero attached hydrogens (tertiary/aromatic N) is 2. The van der Waals surface area contributed by atoms with Crippen LogP contribution in [0.3, 0.4) is 0 Å². The van der Waals surface area contributed by atoms with Crippen LogP contribution in [0.2, 0.25) is 0 Å². The van der Waals surface area contributed by atoms with Gasteiger partial charge in [-0.1, -0.05) is 12.1 Å². The Kier molecular flexibility index (Phi) is 4.37. The number of primary amides is 1. The number of nitrogens with one attached hydrogen (secondary N) is 1. The molecule has 1 amide bonds. The van der Waals surface area contributed by atoms with Gasteiger partial charge in [0.15, 0.2) is 11.6 Å². The van der Waals surface area contributed by atoms with Gasteiger partial charge in [0.2, 0.25) is 5.91 Å². The van der Waals surface area contributed by atoms with Gasteiger partial charge in [0.1, 0.15) is 11.8 Å². The monoisotopic (exact) mass is 293 g/mol. The zero-order valence-corrected chi connectivity index (χ0v) is 11.7. The van der Waals surface area contributed by atoms with Crippen molar-refractivity contribution in [2.45, 2.75) is 31.8 Å². The Balaban J connectivity index is 2.37. The summed E-state index contributed by atoms with van der Waals surface area (Å²) >= 11 is 0. The van der Waals surface area contributed by atoms with Gasteiger partial charge in [0, 0.05) is 11.5 Å². The zero-order valence-electron chi connectivity index (χ0n) is 11.7. The van der Waals surface area contributed by atoms with Gasteiger partial charge in [0.25, 0.3) is 0 Å². The maximum Gasteiger partial charge on any atom is 0.242 e. The number of nitrogens with two attached hydrogens (primary N) is 2. The average molecular weight is 293 g/mol. The summed E-state index contributed by atoms with van der Waals surface area (Å²) in [5.74, 6) is -1.43. The molecule has 2 aliphatic heterocycles. The van der Waals surface area contributed by atoms with Crippen LogP contribution in [0, 0.1) is 5.92 Å². The smallest absolute Gasteiger partial charge is 0.242 e. The van der Waals surface area contributed by atoms with Gasteiger partial charge in [-0.2, -0.15) is 0 Å². The van der Waals surface area contributed by atoms with Crippen molar-refractivity contribution in [3.63, 3.8) is 0 Å².